The maximum absolute atomic E-state index is 13.7. The summed E-state index contributed by atoms with van der Waals surface area (Å²) >= 11 is 0. The summed E-state index contributed by atoms with van der Waals surface area (Å²) in [6.07, 6.45) is 0. The number of nitrogens with zero attached hydrogens (tertiary/aromatic N) is 3. The van der Waals surface area contributed by atoms with Gasteiger partial charge in [0.05, 0.1) is 33.5 Å². The van der Waals surface area contributed by atoms with Crippen LogP contribution < -0.4 is 31.7 Å². The lowest BCUT2D eigenvalue weighted by molar-refractivity contribution is 0.0511. The minimum Gasteiger partial charge on any atom is -0.497 e. The number of hydrogen-bond acceptors (Lipinski definition) is 11. The Labute approximate surface area is 255 Å². The average Bonchev–Trinajstić information content (AvgIpc) is 3.04. The highest BCUT2D eigenvalue weighted by molar-refractivity contribution is 5.95. The quantitative estimate of drug-likeness (QED) is 0.105. The van der Waals surface area contributed by atoms with Crippen molar-refractivity contribution in [1.29, 1.82) is 0 Å². The monoisotopic (exact) mass is 604 g/mol. The van der Waals surface area contributed by atoms with Crippen LogP contribution in [0.15, 0.2) is 72.8 Å². The zero-order valence-corrected chi connectivity index (χ0v) is 24.5. The second kappa shape index (κ2) is 17.3. The molecule has 1 aromatic heterocycles. The van der Waals surface area contributed by atoms with Crippen molar-refractivity contribution in [2.24, 2.45) is 5.73 Å². The lowest BCUT2D eigenvalue weighted by Crippen LogP contribution is -2.27. The average molecular weight is 605 g/mol. The second-order valence-corrected chi connectivity index (χ2v) is 9.47. The topological polar surface area (TPSA) is 158 Å². The summed E-state index contributed by atoms with van der Waals surface area (Å²) in [5.41, 5.74) is 8.17. The van der Waals surface area contributed by atoms with Crippen LogP contribution in [0.3, 0.4) is 0 Å². The third kappa shape index (κ3) is 10.8. The zero-order chi connectivity index (χ0) is 31.0. The van der Waals surface area contributed by atoms with Gasteiger partial charge in [0.2, 0.25) is 17.8 Å². The van der Waals surface area contributed by atoms with Gasteiger partial charge in [-0.15, -0.1) is 0 Å². The van der Waals surface area contributed by atoms with E-state index in [2.05, 4.69) is 36.2 Å². The maximum atomic E-state index is 13.7. The van der Waals surface area contributed by atoms with Gasteiger partial charge in [-0.2, -0.15) is 15.0 Å². The number of rotatable bonds is 18. The van der Waals surface area contributed by atoms with Crippen molar-refractivity contribution in [1.82, 2.24) is 20.3 Å². The molecule has 12 nitrogen and oxygen atoms in total. The molecule has 0 spiro atoms. The molecule has 0 fully saturated rings. The van der Waals surface area contributed by atoms with Crippen LogP contribution >= 0.6 is 0 Å². The molecule has 0 atom stereocenters. The minimum atomic E-state index is -0.325. The third-order valence-corrected chi connectivity index (χ3v) is 6.13. The van der Waals surface area contributed by atoms with Gasteiger partial charge in [0, 0.05) is 37.4 Å². The Balaban J connectivity index is 1.40. The summed E-state index contributed by atoms with van der Waals surface area (Å²) in [7, 11) is 1.62. The Morgan fingerprint density at radius 3 is 2.18 bits per heavy atom. The molecule has 0 radical (unpaired) electrons. The molecule has 232 valence electrons. The first kappa shape index (κ1) is 32.1. The van der Waals surface area contributed by atoms with Gasteiger partial charge in [-0.05, 0) is 53.6 Å². The molecule has 6 N–H and O–H groups in total. The Morgan fingerprint density at radius 2 is 1.48 bits per heavy atom. The van der Waals surface area contributed by atoms with Gasteiger partial charge in [0.15, 0.2) is 0 Å². The van der Waals surface area contributed by atoms with E-state index < -0.39 is 0 Å². The SMILES string of the molecule is COc1ccc(CNc2nc(NCc3cccc(F)c3)nc(Nc3cccc(C(=O)NCCOCCOCCN)c3)n2)cc1. The number of anilines is 4. The van der Waals surface area contributed by atoms with E-state index in [4.69, 9.17) is 19.9 Å². The molecule has 0 aliphatic carbocycles. The third-order valence-electron chi connectivity index (χ3n) is 6.13. The maximum Gasteiger partial charge on any atom is 0.251 e. The van der Waals surface area contributed by atoms with Gasteiger partial charge in [0.25, 0.3) is 5.91 Å². The highest BCUT2D eigenvalue weighted by Gasteiger charge is 2.10. The molecule has 13 heteroatoms. The fraction of sp³-hybridized carbons (Fsp3) is 0.290. The summed E-state index contributed by atoms with van der Waals surface area (Å²) < 4.78 is 29.6. The van der Waals surface area contributed by atoms with E-state index in [0.29, 0.717) is 69.8 Å². The lowest BCUT2D eigenvalue weighted by atomic mass is 10.2. The first-order chi connectivity index (χ1) is 21.5. The number of halogens is 1. The summed E-state index contributed by atoms with van der Waals surface area (Å²) in [6.45, 7) is 3.31. The number of methoxy groups -OCH3 is 1. The first-order valence-corrected chi connectivity index (χ1v) is 14.1. The molecule has 0 aliphatic heterocycles. The number of nitrogens with one attached hydrogen (secondary N) is 4. The van der Waals surface area contributed by atoms with Crippen LogP contribution in [-0.4, -0.2) is 67.5 Å². The number of ether oxygens (including phenoxy) is 3. The molecule has 44 heavy (non-hydrogen) atoms. The Hall–Kier alpha value is -4.85. The fourth-order valence-electron chi connectivity index (χ4n) is 3.95. The summed E-state index contributed by atoms with van der Waals surface area (Å²) in [5, 5.41) is 12.3. The van der Waals surface area contributed by atoms with E-state index in [-0.39, 0.29) is 23.6 Å². The predicted molar refractivity (Wildman–Crippen MR) is 167 cm³/mol. The van der Waals surface area contributed by atoms with Gasteiger partial charge >= 0.3 is 0 Å². The number of benzene rings is 3. The number of amides is 1. The van der Waals surface area contributed by atoms with Gasteiger partial charge < -0.3 is 41.2 Å². The van der Waals surface area contributed by atoms with Crippen molar-refractivity contribution in [3.63, 3.8) is 0 Å². The van der Waals surface area contributed by atoms with Crippen molar-refractivity contribution in [3.05, 3.63) is 95.3 Å². The van der Waals surface area contributed by atoms with Crippen LogP contribution in [0, 0.1) is 5.82 Å². The zero-order valence-electron chi connectivity index (χ0n) is 24.5. The van der Waals surface area contributed by atoms with Crippen LogP contribution in [-0.2, 0) is 22.6 Å². The standard InChI is InChI=1S/C31H37FN8O4/c1-42-27-10-8-22(9-11-27)20-35-29-38-30(36-21-23-4-2-6-25(32)18-23)40-31(39-29)37-26-7-3-5-24(19-26)28(41)34-13-15-44-17-16-43-14-12-33/h2-11,18-19H,12-17,20-21,33H2,1H3,(H,34,41)(H3,35,36,37,38,39,40). The molecule has 0 aliphatic rings. The molecule has 1 heterocycles. The Kier molecular flexibility index (Phi) is 12.6. The number of carbonyl (C=O) groups excluding carboxylic acids is 1. The molecule has 3 aromatic carbocycles. The van der Waals surface area contributed by atoms with E-state index in [1.165, 1.54) is 12.1 Å². The van der Waals surface area contributed by atoms with Crippen molar-refractivity contribution in [2.45, 2.75) is 13.1 Å². The molecule has 0 saturated heterocycles. The summed E-state index contributed by atoms with van der Waals surface area (Å²) in [4.78, 5) is 26.2. The van der Waals surface area contributed by atoms with Gasteiger partial charge in [-0.1, -0.05) is 30.3 Å². The predicted octanol–water partition coefficient (Wildman–Crippen LogP) is 3.71. The summed E-state index contributed by atoms with van der Waals surface area (Å²) in [5.74, 6) is 1.05. The fourth-order valence-corrected chi connectivity index (χ4v) is 3.95. The normalized spacial score (nSPS) is 10.7. The number of hydrogen-bond donors (Lipinski definition) is 5. The van der Waals surface area contributed by atoms with Crippen molar-refractivity contribution in [3.8, 4) is 5.75 Å². The molecular formula is C31H37FN8O4. The smallest absolute Gasteiger partial charge is 0.251 e. The molecule has 0 unspecified atom stereocenters. The summed E-state index contributed by atoms with van der Waals surface area (Å²) in [6, 6.07) is 20.9. The molecule has 0 saturated carbocycles. The van der Waals surface area contributed by atoms with Crippen molar-refractivity contribution < 1.29 is 23.4 Å². The van der Waals surface area contributed by atoms with Crippen LogP contribution in [0.1, 0.15) is 21.5 Å². The van der Waals surface area contributed by atoms with Crippen LogP contribution in [0.25, 0.3) is 0 Å². The lowest BCUT2D eigenvalue weighted by Gasteiger charge is -2.12. The molecule has 4 rings (SSSR count). The molecule has 4 aromatic rings. The molecule has 1 amide bonds. The molecular weight excluding hydrogens is 567 g/mol. The van der Waals surface area contributed by atoms with Gasteiger partial charge in [-0.3, -0.25) is 4.79 Å². The number of aromatic nitrogens is 3. The van der Waals surface area contributed by atoms with Crippen LogP contribution in [0.4, 0.5) is 27.9 Å². The van der Waals surface area contributed by atoms with Gasteiger partial charge in [0.1, 0.15) is 11.6 Å². The van der Waals surface area contributed by atoms with E-state index in [0.717, 1.165) is 16.9 Å². The second-order valence-electron chi connectivity index (χ2n) is 9.47. The van der Waals surface area contributed by atoms with E-state index in [1.54, 1.807) is 43.5 Å². The van der Waals surface area contributed by atoms with E-state index in [1.807, 2.05) is 24.3 Å². The molecule has 0 bridgehead atoms. The van der Waals surface area contributed by atoms with Crippen LogP contribution in [0.2, 0.25) is 0 Å². The number of carbonyl (C=O) groups is 1. The van der Waals surface area contributed by atoms with Gasteiger partial charge in [-0.25, -0.2) is 4.39 Å². The highest BCUT2D eigenvalue weighted by atomic mass is 19.1. The largest absolute Gasteiger partial charge is 0.497 e. The van der Waals surface area contributed by atoms with Crippen molar-refractivity contribution >= 4 is 29.4 Å². The highest BCUT2D eigenvalue weighted by Crippen LogP contribution is 2.19. The Bertz CT molecular complexity index is 1480. The first-order valence-electron chi connectivity index (χ1n) is 14.1. The van der Waals surface area contributed by atoms with Crippen LogP contribution in [0.5, 0.6) is 5.75 Å². The Morgan fingerprint density at radius 1 is 0.795 bits per heavy atom. The van der Waals surface area contributed by atoms with Crippen molar-refractivity contribution in [2.75, 3.05) is 62.6 Å². The minimum absolute atomic E-state index is 0.244. The van der Waals surface area contributed by atoms with E-state index >= 15 is 0 Å². The number of nitrogens with two attached hydrogens (primary N) is 1. The van der Waals surface area contributed by atoms with E-state index in [9.17, 15) is 9.18 Å².